The summed E-state index contributed by atoms with van der Waals surface area (Å²) in [5.41, 5.74) is 8.95. The molecule has 1 fully saturated rings. The summed E-state index contributed by atoms with van der Waals surface area (Å²) in [6.07, 6.45) is 6.55. The van der Waals surface area contributed by atoms with Gasteiger partial charge in [-0.2, -0.15) is 5.10 Å². The van der Waals surface area contributed by atoms with Crippen molar-refractivity contribution in [3.63, 3.8) is 0 Å². The molecule has 1 aliphatic heterocycles. The monoisotopic (exact) mass is 386 g/mol. The summed E-state index contributed by atoms with van der Waals surface area (Å²) in [5, 5.41) is 13.0. The highest BCUT2D eigenvalue weighted by Gasteiger charge is 2.25. The van der Waals surface area contributed by atoms with E-state index >= 15 is 0 Å². The second kappa shape index (κ2) is 8.65. The molecule has 1 saturated carbocycles. The van der Waals surface area contributed by atoms with Crippen molar-refractivity contribution < 1.29 is 0 Å². The largest absolute Gasteiger partial charge is 0.385 e. The van der Waals surface area contributed by atoms with Crippen molar-refractivity contribution in [3.05, 3.63) is 84.5 Å². The Morgan fingerprint density at radius 2 is 1.69 bits per heavy atom. The van der Waals surface area contributed by atoms with Crippen LogP contribution in [0.1, 0.15) is 25.7 Å². The minimum Gasteiger partial charge on any atom is -0.385 e. The Kier molecular flexibility index (Phi) is 5.61. The van der Waals surface area contributed by atoms with Crippen molar-refractivity contribution in [2.45, 2.75) is 31.7 Å². The maximum Gasteiger partial charge on any atom is 0.168 e. The van der Waals surface area contributed by atoms with Crippen LogP contribution in [0.4, 0.5) is 11.4 Å². The quantitative estimate of drug-likeness (QED) is 0.696. The van der Waals surface area contributed by atoms with Crippen LogP contribution in [0.3, 0.4) is 0 Å². The van der Waals surface area contributed by atoms with Gasteiger partial charge < -0.3 is 16.4 Å². The summed E-state index contributed by atoms with van der Waals surface area (Å²) in [7, 11) is 0. The molecule has 0 spiro atoms. The molecule has 4 rings (SSSR count). The third-order valence-electron chi connectivity index (χ3n) is 5.05. The summed E-state index contributed by atoms with van der Waals surface area (Å²) in [6.45, 7) is 4.12. The minimum absolute atomic E-state index is 0.437. The molecular weight excluding hydrogens is 360 g/mol. The minimum atomic E-state index is 0.437. The normalized spacial score (nSPS) is 19.6. The number of nitrogens with one attached hydrogen (secondary N) is 2. The van der Waals surface area contributed by atoms with E-state index in [0.717, 1.165) is 29.8 Å². The first kappa shape index (κ1) is 18.8. The van der Waals surface area contributed by atoms with Crippen LogP contribution in [0.15, 0.2) is 94.6 Å². The van der Waals surface area contributed by atoms with Crippen LogP contribution in [0.2, 0.25) is 0 Å². The lowest BCUT2D eigenvalue weighted by Crippen LogP contribution is -2.29. The van der Waals surface area contributed by atoms with Crippen LogP contribution >= 0.6 is 0 Å². The summed E-state index contributed by atoms with van der Waals surface area (Å²) >= 11 is 0. The lowest BCUT2D eigenvalue weighted by Gasteiger charge is -2.19. The van der Waals surface area contributed by atoms with E-state index in [0.29, 0.717) is 23.5 Å². The molecule has 29 heavy (non-hydrogen) atoms. The van der Waals surface area contributed by atoms with Crippen LogP contribution in [-0.4, -0.2) is 18.1 Å². The maximum atomic E-state index is 6.40. The molecule has 6 heteroatoms. The van der Waals surface area contributed by atoms with Gasteiger partial charge in [0, 0.05) is 11.7 Å². The van der Waals surface area contributed by atoms with Crippen LogP contribution in [0, 0.1) is 0 Å². The molecule has 1 heterocycles. The molecule has 148 valence electrons. The number of nitrogens with two attached hydrogens (primary N) is 1. The number of anilines is 2. The van der Waals surface area contributed by atoms with E-state index in [1.54, 1.807) is 11.2 Å². The Bertz CT molecular complexity index is 940. The Morgan fingerprint density at radius 3 is 2.38 bits per heavy atom. The van der Waals surface area contributed by atoms with Gasteiger partial charge in [0.1, 0.15) is 11.6 Å². The number of hydrazone groups is 1. The van der Waals surface area contributed by atoms with Gasteiger partial charge in [-0.25, -0.2) is 10.0 Å². The second-order valence-corrected chi connectivity index (χ2v) is 7.22. The van der Waals surface area contributed by atoms with Gasteiger partial charge in [-0.1, -0.05) is 55.8 Å². The van der Waals surface area contributed by atoms with Gasteiger partial charge in [0.05, 0.1) is 17.5 Å². The zero-order valence-corrected chi connectivity index (χ0v) is 16.4. The number of rotatable bonds is 6. The van der Waals surface area contributed by atoms with Crippen LogP contribution < -0.4 is 21.4 Å². The Morgan fingerprint density at radius 1 is 1.03 bits per heavy atom. The number of hydrogen-bond acceptors (Lipinski definition) is 5. The molecule has 6 nitrogen and oxygen atoms in total. The van der Waals surface area contributed by atoms with Crippen LogP contribution in [0.5, 0.6) is 0 Å². The molecule has 2 aliphatic rings. The molecule has 0 atom stereocenters. The van der Waals surface area contributed by atoms with Crippen LogP contribution in [-0.2, 0) is 0 Å². The molecule has 0 aromatic heterocycles. The van der Waals surface area contributed by atoms with Crippen LogP contribution in [0.25, 0.3) is 0 Å². The van der Waals surface area contributed by atoms with E-state index in [-0.39, 0.29) is 0 Å². The number of nitrogens with zero attached hydrogens (tertiary/aromatic N) is 3. The summed E-state index contributed by atoms with van der Waals surface area (Å²) in [4.78, 5) is 4.78. The van der Waals surface area contributed by atoms with Crippen molar-refractivity contribution in [1.29, 1.82) is 0 Å². The lowest BCUT2D eigenvalue weighted by atomic mass is 10.2. The molecular formula is C23H26N6. The maximum absolute atomic E-state index is 6.40. The molecule has 0 saturated heterocycles. The molecule has 1 aliphatic carbocycles. The van der Waals surface area contributed by atoms with Crippen molar-refractivity contribution in [2.75, 3.05) is 10.3 Å². The van der Waals surface area contributed by atoms with Gasteiger partial charge in [-0.05, 0) is 37.1 Å². The van der Waals surface area contributed by atoms with E-state index in [4.69, 9.17) is 10.7 Å². The fourth-order valence-electron chi connectivity index (χ4n) is 3.61. The summed E-state index contributed by atoms with van der Waals surface area (Å²) < 4.78 is 0. The number of para-hydroxylation sites is 2. The van der Waals surface area contributed by atoms with Crippen molar-refractivity contribution >= 4 is 23.4 Å². The average molecular weight is 387 g/mol. The Labute approximate surface area is 171 Å². The second-order valence-electron chi connectivity index (χ2n) is 7.22. The third kappa shape index (κ3) is 4.48. The molecule has 2 aromatic carbocycles. The van der Waals surface area contributed by atoms with E-state index in [1.165, 1.54) is 12.8 Å². The smallest absolute Gasteiger partial charge is 0.168 e. The average Bonchev–Trinajstić information content (AvgIpc) is 3.39. The molecule has 0 bridgehead atoms. The fraction of sp³-hybridized carbons (Fsp3) is 0.217. The highest BCUT2D eigenvalue weighted by Crippen LogP contribution is 2.24. The number of aliphatic imine (C=N–C) groups is 1. The van der Waals surface area contributed by atoms with E-state index in [1.807, 2.05) is 60.7 Å². The number of amidine groups is 1. The summed E-state index contributed by atoms with van der Waals surface area (Å²) in [5.74, 6) is 1.77. The first-order chi connectivity index (χ1) is 14.2. The topological polar surface area (TPSA) is 78.0 Å². The highest BCUT2D eigenvalue weighted by atomic mass is 15.5. The van der Waals surface area contributed by atoms with Gasteiger partial charge in [-0.15, -0.1) is 0 Å². The van der Waals surface area contributed by atoms with Crippen molar-refractivity contribution in [1.82, 2.24) is 5.32 Å². The first-order valence-electron chi connectivity index (χ1n) is 9.96. The third-order valence-corrected chi connectivity index (χ3v) is 5.05. The van der Waals surface area contributed by atoms with Gasteiger partial charge in [0.15, 0.2) is 5.84 Å². The number of hydrogen-bond donors (Lipinski definition) is 3. The Hall–Kier alpha value is -3.54. The first-order valence-corrected chi connectivity index (χ1v) is 9.96. The highest BCUT2D eigenvalue weighted by molar-refractivity contribution is 6.26. The van der Waals surface area contributed by atoms with E-state index in [9.17, 15) is 0 Å². The lowest BCUT2D eigenvalue weighted by molar-refractivity contribution is 0.582. The molecule has 4 N–H and O–H groups in total. The molecule has 0 amide bonds. The predicted octanol–water partition coefficient (Wildman–Crippen LogP) is 4.18. The SMILES string of the molecule is C=C(/N=C1\C(=C(/N)Nc2ccccc2)C=NN1c1ccccc1)NC1CCCC1. The van der Waals surface area contributed by atoms with Gasteiger partial charge >= 0.3 is 0 Å². The zero-order chi connectivity index (χ0) is 20.1. The standard InChI is InChI=1S/C23H26N6/c1-17(26-18-12-8-9-13-18)27-23-21(22(24)28-19-10-4-2-5-11-19)16-25-29(23)20-14-6-3-7-15-20/h2-7,10-11,14-16,18,26,28H,1,8-9,12-13,24H2/b22-21+,27-23+. The molecule has 0 unspecified atom stereocenters. The van der Waals surface area contributed by atoms with Gasteiger partial charge in [0.2, 0.25) is 0 Å². The predicted molar refractivity (Wildman–Crippen MR) is 121 cm³/mol. The number of benzene rings is 2. The van der Waals surface area contributed by atoms with Gasteiger partial charge in [0.25, 0.3) is 0 Å². The van der Waals surface area contributed by atoms with Crippen molar-refractivity contribution in [3.8, 4) is 0 Å². The molecule has 0 radical (unpaired) electrons. The summed E-state index contributed by atoms with van der Waals surface area (Å²) in [6, 6.07) is 20.2. The van der Waals surface area contributed by atoms with Crippen molar-refractivity contribution in [2.24, 2.45) is 15.8 Å². The van der Waals surface area contributed by atoms with E-state index in [2.05, 4.69) is 22.3 Å². The van der Waals surface area contributed by atoms with Gasteiger partial charge in [-0.3, -0.25) is 0 Å². The zero-order valence-electron chi connectivity index (χ0n) is 16.4. The fourth-order valence-corrected chi connectivity index (χ4v) is 3.61. The molecule has 2 aromatic rings. The van der Waals surface area contributed by atoms with E-state index < -0.39 is 0 Å². The Balaban J connectivity index is 1.64.